The number of imide groups is 1. The van der Waals surface area contributed by atoms with Crippen LogP contribution in [-0.4, -0.2) is 59.1 Å². The van der Waals surface area contributed by atoms with Crippen molar-refractivity contribution in [2.45, 2.75) is 83.0 Å². The number of aliphatic hydroxyl groups is 1. The lowest BCUT2D eigenvalue weighted by Crippen LogP contribution is -2.54. The van der Waals surface area contributed by atoms with E-state index in [1.54, 1.807) is 56.3 Å². The molecule has 2 aromatic rings. The minimum Gasteiger partial charge on any atom is -0.493 e. The van der Waals surface area contributed by atoms with Gasteiger partial charge in [0.2, 0.25) is 0 Å². The molecule has 1 aliphatic heterocycles. The van der Waals surface area contributed by atoms with Crippen molar-refractivity contribution >= 4 is 24.1 Å². The summed E-state index contributed by atoms with van der Waals surface area (Å²) < 4.78 is 94.8. The number of rotatable bonds is 14. The number of benzene rings is 2. The number of urea groups is 1. The highest BCUT2D eigenvalue weighted by Gasteiger charge is 2.71. The molecule has 1 fully saturated rings. The molecule has 0 saturated carbocycles. The van der Waals surface area contributed by atoms with Crippen LogP contribution in [0.4, 0.5) is 31.1 Å². The summed E-state index contributed by atoms with van der Waals surface area (Å²) in [6.45, 7) is 6.95. The second kappa shape index (κ2) is 15.0. The van der Waals surface area contributed by atoms with Gasteiger partial charge in [-0.15, -0.1) is 0 Å². The average molecular weight is 705 g/mol. The molecule has 1 aliphatic carbocycles. The Morgan fingerprint density at radius 3 is 2.24 bits per heavy atom. The van der Waals surface area contributed by atoms with Gasteiger partial charge in [0, 0.05) is 23.2 Å². The third-order valence-electron chi connectivity index (χ3n) is 8.13. The molecule has 1 heterocycles. The molecule has 2 aliphatic rings. The maximum Gasteiger partial charge on any atom is 0.430 e. The molecule has 0 bridgehead atoms. The summed E-state index contributed by atoms with van der Waals surface area (Å²) in [6.07, 6.45) is -5.14. The van der Waals surface area contributed by atoms with Crippen LogP contribution in [0, 0.1) is 0 Å². The molecule has 3 amide bonds. The van der Waals surface area contributed by atoms with Gasteiger partial charge in [-0.25, -0.2) is 4.79 Å². The van der Waals surface area contributed by atoms with Crippen molar-refractivity contribution in [1.29, 1.82) is 0 Å². The van der Waals surface area contributed by atoms with Crippen LogP contribution >= 0.6 is 0 Å². The number of amides is 3. The van der Waals surface area contributed by atoms with Gasteiger partial charge in [-0.05, 0) is 81.2 Å². The fourth-order valence-electron chi connectivity index (χ4n) is 5.53. The number of nitrogens with one attached hydrogen (secondary N) is 1. The molecule has 0 aromatic heterocycles. The van der Waals surface area contributed by atoms with Gasteiger partial charge in [-0.1, -0.05) is 61.6 Å². The monoisotopic (exact) mass is 704 g/mol. The number of unbranched alkanes of at least 4 members (excludes halogenated alkanes) is 1. The molecule has 2 N–H and O–H groups in total. The van der Waals surface area contributed by atoms with Gasteiger partial charge >= 0.3 is 18.4 Å². The van der Waals surface area contributed by atoms with Gasteiger partial charge < -0.3 is 19.9 Å². The second-order valence-corrected chi connectivity index (χ2v) is 12.3. The van der Waals surface area contributed by atoms with Crippen LogP contribution in [0.25, 0.3) is 12.2 Å². The zero-order chi connectivity index (χ0) is 36.9. The van der Waals surface area contributed by atoms with Gasteiger partial charge in [0.1, 0.15) is 5.75 Å². The molecular formula is C37H38F6N2O5. The van der Waals surface area contributed by atoms with Gasteiger partial charge in [0.15, 0.2) is 11.3 Å². The Hall–Kier alpha value is -4.70. The van der Waals surface area contributed by atoms with Crippen LogP contribution in [-0.2, 0) is 21.6 Å². The first-order chi connectivity index (χ1) is 23.4. The van der Waals surface area contributed by atoms with Crippen molar-refractivity contribution in [2.24, 2.45) is 0 Å². The highest BCUT2D eigenvalue weighted by atomic mass is 19.4. The SMILES string of the molecule is CCCc1cc(C(O)(C(F)(F)F)C(F)(F)F)cc(/C=C/c2ccccc2)c1OCCCCN1C(=O)NC(C)(C2=C=C=C(OC(C)C)C=C2)C1=O. The number of carbonyl (C=O) groups excluding carboxylic acids is 2. The summed E-state index contributed by atoms with van der Waals surface area (Å²) in [5.74, 6) is 0.00288. The van der Waals surface area contributed by atoms with Crippen molar-refractivity contribution in [3.05, 3.63) is 99.7 Å². The first kappa shape index (κ1) is 38.1. The van der Waals surface area contributed by atoms with Gasteiger partial charge in [0.25, 0.3) is 11.5 Å². The van der Waals surface area contributed by atoms with Crippen LogP contribution < -0.4 is 10.1 Å². The highest BCUT2D eigenvalue weighted by Crippen LogP contribution is 2.51. The second-order valence-electron chi connectivity index (χ2n) is 12.3. The molecule has 7 nitrogen and oxygen atoms in total. The van der Waals surface area contributed by atoms with Gasteiger partial charge in [-0.3, -0.25) is 9.69 Å². The third-order valence-corrected chi connectivity index (χ3v) is 8.13. The number of hydrogen-bond donors (Lipinski definition) is 2. The molecule has 50 heavy (non-hydrogen) atoms. The van der Waals surface area contributed by atoms with Crippen molar-refractivity contribution in [3.63, 3.8) is 0 Å². The lowest BCUT2D eigenvalue weighted by Gasteiger charge is -2.33. The molecule has 0 spiro atoms. The van der Waals surface area contributed by atoms with Crippen LogP contribution in [0.15, 0.2) is 77.4 Å². The molecule has 4 rings (SSSR count). The zero-order valence-corrected chi connectivity index (χ0v) is 28.0. The van der Waals surface area contributed by atoms with Gasteiger partial charge in [-0.2, -0.15) is 26.3 Å². The summed E-state index contributed by atoms with van der Waals surface area (Å²) in [6, 6.07) is 9.28. The topological polar surface area (TPSA) is 88.1 Å². The minimum absolute atomic E-state index is 0.0214. The fourth-order valence-corrected chi connectivity index (χ4v) is 5.53. The number of hydrogen-bond acceptors (Lipinski definition) is 5. The van der Waals surface area contributed by atoms with E-state index in [1.807, 2.05) is 13.8 Å². The Labute approximate surface area is 286 Å². The standard InChI is InChI=1S/C37H38F6N2O5/c1-5-11-26-22-29(35(48,36(38,39)40)37(41,42)43)23-27(15-14-25-12-7-6-8-13-25)31(26)49-21-10-9-20-45-32(46)34(4,44-33(45)47)28-16-18-30(19-17-28)50-24(2)3/h6-8,12-16,18,22-24,48H,5,9-11,20-21H2,1-4H3,(H,44,47)/b15-14+. The minimum atomic E-state index is -6.06. The van der Waals surface area contributed by atoms with E-state index in [1.165, 1.54) is 12.2 Å². The zero-order valence-electron chi connectivity index (χ0n) is 28.0. The predicted molar refractivity (Wildman–Crippen MR) is 175 cm³/mol. The van der Waals surface area contributed by atoms with E-state index in [-0.39, 0.29) is 55.4 Å². The third kappa shape index (κ3) is 8.02. The molecule has 1 unspecified atom stereocenters. The molecular weight excluding hydrogens is 666 g/mol. The molecule has 268 valence electrons. The molecule has 1 atom stereocenters. The summed E-state index contributed by atoms with van der Waals surface area (Å²) in [5.41, 5.74) is -1.18. The Kier molecular flexibility index (Phi) is 11.5. The quantitative estimate of drug-likeness (QED) is 0.0682. The van der Waals surface area contributed by atoms with E-state index in [9.17, 15) is 41.0 Å². The largest absolute Gasteiger partial charge is 0.493 e. The smallest absolute Gasteiger partial charge is 0.430 e. The summed E-state index contributed by atoms with van der Waals surface area (Å²) in [4.78, 5) is 27.2. The number of alkyl halides is 6. The highest BCUT2D eigenvalue weighted by molar-refractivity contribution is 6.09. The van der Waals surface area contributed by atoms with Crippen LogP contribution in [0.1, 0.15) is 69.2 Å². The normalized spacial score (nSPS) is 18.2. The van der Waals surface area contributed by atoms with E-state index in [4.69, 9.17) is 9.47 Å². The first-order valence-electron chi connectivity index (χ1n) is 16.1. The Bertz CT molecular complexity index is 1740. The maximum atomic E-state index is 13.9. The first-order valence-corrected chi connectivity index (χ1v) is 16.1. The van der Waals surface area contributed by atoms with Crippen molar-refractivity contribution in [2.75, 3.05) is 13.2 Å². The number of allylic oxidation sites excluding steroid dienone is 1. The predicted octanol–water partition coefficient (Wildman–Crippen LogP) is 8.15. The maximum absolute atomic E-state index is 13.9. The summed E-state index contributed by atoms with van der Waals surface area (Å²) in [7, 11) is 0. The Morgan fingerprint density at radius 1 is 0.980 bits per heavy atom. The van der Waals surface area contributed by atoms with Crippen molar-refractivity contribution in [3.8, 4) is 5.75 Å². The lowest BCUT2D eigenvalue weighted by molar-refractivity contribution is -0.376. The van der Waals surface area contributed by atoms with Crippen LogP contribution in [0.3, 0.4) is 0 Å². The van der Waals surface area contributed by atoms with Crippen molar-refractivity contribution in [1.82, 2.24) is 10.2 Å². The number of aryl methyl sites for hydroxylation is 1. The van der Waals surface area contributed by atoms with E-state index in [0.29, 0.717) is 35.4 Å². The van der Waals surface area contributed by atoms with Crippen LogP contribution in [0.5, 0.6) is 5.75 Å². The van der Waals surface area contributed by atoms with E-state index in [2.05, 4.69) is 16.8 Å². The van der Waals surface area contributed by atoms with Gasteiger partial charge in [0.05, 0.1) is 12.7 Å². The lowest BCUT2D eigenvalue weighted by atomic mass is 9.87. The Balaban J connectivity index is 1.55. The van der Waals surface area contributed by atoms with E-state index in [0.717, 1.165) is 4.90 Å². The number of nitrogens with zero attached hydrogens (tertiary/aromatic N) is 1. The number of carbonyl (C=O) groups is 2. The average Bonchev–Trinajstić information content (AvgIpc) is 3.26. The van der Waals surface area contributed by atoms with Crippen LogP contribution in [0.2, 0.25) is 0 Å². The Morgan fingerprint density at radius 2 is 1.66 bits per heavy atom. The molecule has 13 heteroatoms. The molecule has 0 radical (unpaired) electrons. The molecule has 1 saturated heterocycles. The van der Waals surface area contributed by atoms with E-state index < -0.39 is 41.0 Å². The fraction of sp³-hybridized carbons (Fsp3) is 0.405. The summed E-state index contributed by atoms with van der Waals surface area (Å²) in [5, 5.41) is 12.9. The molecule has 2 aromatic carbocycles. The number of halogens is 6. The number of ether oxygens (including phenoxy) is 2. The van der Waals surface area contributed by atoms with E-state index >= 15 is 0 Å². The summed E-state index contributed by atoms with van der Waals surface area (Å²) >= 11 is 0. The van der Waals surface area contributed by atoms with Crippen molar-refractivity contribution < 1.29 is 50.5 Å².